The molecule has 1 saturated heterocycles. The molecule has 8 nitrogen and oxygen atoms in total. The van der Waals surface area contributed by atoms with Crippen molar-refractivity contribution in [1.29, 1.82) is 0 Å². The summed E-state index contributed by atoms with van der Waals surface area (Å²) in [6, 6.07) is 4.47. The largest absolute Gasteiger partial charge is 0.454 e. The van der Waals surface area contributed by atoms with Crippen LogP contribution < -0.4 is 19.1 Å². The molecule has 1 N–H and O–H groups in total. The Hall–Kier alpha value is -2.55. The third kappa shape index (κ3) is 2.82. The molecule has 4 rings (SSSR count). The summed E-state index contributed by atoms with van der Waals surface area (Å²) >= 11 is 0. The third-order valence-corrected chi connectivity index (χ3v) is 5.30. The third-order valence-electron chi connectivity index (χ3n) is 3.95. The van der Waals surface area contributed by atoms with Gasteiger partial charge in [-0.2, -0.15) is 0 Å². The van der Waals surface area contributed by atoms with Gasteiger partial charge in [0.25, 0.3) is 10.0 Å². The van der Waals surface area contributed by atoms with Gasteiger partial charge in [0.2, 0.25) is 6.79 Å². The predicted octanol–water partition coefficient (Wildman–Crippen LogP) is 1.61. The van der Waals surface area contributed by atoms with Crippen LogP contribution in [0, 0.1) is 0 Å². The highest BCUT2D eigenvalue weighted by Gasteiger charge is 2.21. The van der Waals surface area contributed by atoms with Gasteiger partial charge in [0.05, 0.1) is 17.3 Å². The Morgan fingerprint density at radius 3 is 2.71 bits per heavy atom. The lowest BCUT2D eigenvalue weighted by Crippen LogP contribution is -2.20. The van der Waals surface area contributed by atoms with E-state index in [1.165, 1.54) is 18.3 Å². The maximum Gasteiger partial charge on any atom is 0.263 e. The van der Waals surface area contributed by atoms with E-state index in [4.69, 9.17) is 9.47 Å². The number of anilines is 2. The fourth-order valence-electron chi connectivity index (χ4n) is 2.74. The molecule has 2 aromatic rings. The summed E-state index contributed by atoms with van der Waals surface area (Å²) in [6.45, 7) is 1.91. The van der Waals surface area contributed by atoms with Crippen LogP contribution in [-0.2, 0) is 10.0 Å². The first-order valence-corrected chi connectivity index (χ1v) is 9.10. The molecule has 2 aliphatic heterocycles. The van der Waals surface area contributed by atoms with Gasteiger partial charge in [-0.15, -0.1) is 0 Å². The Labute approximate surface area is 139 Å². The first-order valence-electron chi connectivity index (χ1n) is 7.61. The molecule has 1 aromatic heterocycles. The zero-order chi connectivity index (χ0) is 16.6. The topological polar surface area (TPSA) is 93.7 Å². The molecule has 24 heavy (non-hydrogen) atoms. The normalized spacial score (nSPS) is 16.4. The molecule has 0 atom stereocenters. The summed E-state index contributed by atoms with van der Waals surface area (Å²) in [4.78, 5) is 10.6. The van der Waals surface area contributed by atoms with Crippen LogP contribution in [-0.4, -0.2) is 38.3 Å². The van der Waals surface area contributed by atoms with Crippen molar-refractivity contribution in [2.75, 3.05) is 29.5 Å². The fraction of sp³-hybridized carbons (Fsp3) is 0.333. The van der Waals surface area contributed by atoms with Gasteiger partial charge in [-0.1, -0.05) is 0 Å². The number of fused-ring (bicyclic) bond motifs is 1. The molecule has 0 unspecified atom stereocenters. The lowest BCUT2D eigenvalue weighted by atomic mass is 10.3. The van der Waals surface area contributed by atoms with Crippen LogP contribution in [0.25, 0.3) is 0 Å². The second kappa shape index (κ2) is 5.82. The molecule has 0 saturated carbocycles. The Kier molecular flexibility index (Phi) is 3.64. The number of nitrogens with zero attached hydrogens (tertiary/aromatic N) is 3. The van der Waals surface area contributed by atoms with Crippen LogP contribution in [0.3, 0.4) is 0 Å². The van der Waals surface area contributed by atoms with Crippen molar-refractivity contribution >= 4 is 21.7 Å². The van der Waals surface area contributed by atoms with E-state index in [2.05, 4.69) is 19.6 Å². The average molecular weight is 348 g/mol. The number of benzene rings is 1. The zero-order valence-corrected chi connectivity index (χ0v) is 13.6. The quantitative estimate of drug-likeness (QED) is 0.897. The van der Waals surface area contributed by atoms with Crippen molar-refractivity contribution < 1.29 is 17.9 Å². The Morgan fingerprint density at radius 2 is 1.88 bits per heavy atom. The molecule has 0 spiro atoms. The van der Waals surface area contributed by atoms with Gasteiger partial charge in [-0.05, 0) is 25.0 Å². The maximum atomic E-state index is 12.5. The van der Waals surface area contributed by atoms with Crippen molar-refractivity contribution in [1.82, 2.24) is 9.97 Å². The summed E-state index contributed by atoms with van der Waals surface area (Å²) in [7, 11) is -3.78. The summed E-state index contributed by atoms with van der Waals surface area (Å²) < 4.78 is 38.0. The first kappa shape index (κ1) is 15.0. The van der Waals surface area contributed by atoms with Gasteiger partial charge in [-0.25, -0.2) is 13.4 Å². The molecular formula is C15H16N4O4S. The summed E-state index contributed by atoms with van der Waals surface area (Å²) in [5.74, 6) is 1.81. The van der Waals surface area contributed by atoms with Crippen LogP contribution in [0.4, 0.5) is 11.6 Å². The van der Waals surface area contributed by atoms with Crippen molar-refractivity contribution in [3.05, 3.63) is 30.6 Å². The number of hydrogen-bond acceptors (Lipinski definition) is 7. The van der Waals surface area contributed by atoms with Crippen LogP contribution in [0.2, 0.25) is 0 Å². The highest BCUT2D eigenvalue weighted by molar-refractivity contribution is 7.92. The lowest BCUT2D eigenvalue weighted by Gasteiger charge is -2.16. The zero-order valence-electron chi connectivity index (χ0n) is 12.8. The van der Waals surface area contributed by atoms with Gasteiger partial charge < -0.3 is 14.4 Å². The molecule has 0 radical (unpaired) electrons. The van der Waals surface area contributed by atoms with Gasteiger partial charge in [0.1, 0.15) is 5.82 Å². The van der Waals surface area contributed by atoms with Crippen LogP contribution in [0.5, 0.6) is 11.5 Å². The molecule has 0 amide bonds. The van der Waals surface area contributed by atoms with E-state index < -0.39 is 10.0 Å². The standard InChI is InChI=1S/C15H16N4O4S/c20-24(21,11-3-4-12-13(7-11)23-10-22-12)18-14-8-16-9-15(17-14)19-5-1-2-6-19/h3-4,7-9H,1-2,5-6,10H2,(H,17,18). The minimum atomic E-state index is -3.78. The number of hydrogen-bond donors (Lipinski definition) is 1. The second-order valence-corrected chi connectivity index (χ2v) is 7.26. The Morgan fingerprint density at radius 1 is 1.08 bits per heavy atom. The predicted molar refractivity (Wildman–Crippen MR) is 86.9 cm³/mol. The van der Waals surface area contributed by atoms with Gasteiger partial charge >= 0.3 is 0 Å². The van der Waals surface area contributed by atoms with Gasteiger partial charge in [-0.3, -0.25) is 9.71 Å². The highest BCUT2D eigenvalue weighted by atomic mass is 32.2. The number of nitrogens with one attached hydrogen (secondary N) is 1. The average Bonchev–Trinajstić information content (AvgIpc) is 3.25. The molecule has 1 aromatic carbocycles. The van der Waals surface area contributed by atoms with Crippen molar-refractivity contribution in [3.8, 4) is 11.5 Å². The van der Waals surface area contributed by atoms with Gasteiger partial charge in [0.15, 0.2) is 17.3 Å². The monoisotopic (exact) mass is 348 g/mol. The number of aromatic nitrogens is 2. The molecule has 2 aliphatic rings. The van der Waals surface area contributed by atoms with Gasteiger partial charge in [0, 0.05) is 19.2 Å². The highest BCUT2D eigenvalue weighted by Crippen LogP contribution is 2.34. The van der Waals surface area contributed by atoms with E-state index in [1.54, 1.807) is 12.3 Å². The number of ether oxygens (including phenoxy) is 2. The lowest BCUT2D eigenvalue weighted by molar-refractivity contribution is 0.174. The van der Waals surface area contributed by atoms with E-state index in [-0.39, 0.29) is 17.5 Å². The van der Waals surface area contributed by atoms with E-state index >= 15 is 0 Å². The molecule has 3 heterocycles. The minimum absolute atomic E-state index is 0.0834. The molecule has 0 bridgehead atoms. The fourth-order valence-corrected chi connectivity index (χ4v) is 3.74. The summed E-state index contributed by atoms with van der Waals surface area (Å²) in [6.07, 6.45) is 5.25. The first-order chi connectivity index (χ1) is 11.6. The molecule has 1 fully saturated rings. The van der Waals surface area contributed by atoms with Crippen molar-refractivity contribution in [2.24, 2.45) is 0 Å². The SMILES string of the molecule is O=S(=O)(Nc1cncc(N2CCCC2)n1)c1ccc2c(c1)OCO2. The van der Waals surface area contributed by atoms with Crippen LogP contribution in [0.1, 0.15) is 12.8 Å². The Bertz CT molecular complexity index is 866. The summed E-state index contributed by atoms with van der Waals surface area (Å²) in [5.41, 5.74) is 0. The number of sulfonamides is 1. The van der Waals surface area contributed by atoms with Crippen LogP contribution >= 0.6 is 0 Å². The molecule has 126 valence electrons. The van der Waals surface area contributed by atoms with E-state index in [0.717, 1.165) is 25.9 Å². The molecular weight excluding hydrogens is 332 g/mol. The molecule has 0 aliphatic carbocycles. The minimum Gasteiger partial charge on any atom is -0.454 e. The van der Waals surface area contributed by atoms with Crippen molar-refractivity contribution in [2.45, 2.75) is 17.7 Å². The smallest absolute Gasteiger partial charge is 0.263 e. The number of rotatable bonds is 4. The van der Waals surface area contributed by atoms with Crippen LogP contribution in [0.15, 0.2) is 35.5 Å². The van der Waals surface area contributed by atoms with Crippen molar-refractivity contribution in [3.63, 3.8) is 0 Å². The van der Waals surface area contributed by atoms with E-state index in [9.17, 15) is 8.42 Å². The Balaban J connectivity index is 1.58. The summed E-state index contributed by atoms with van der Waals surface area (Å²) in [5, 5.41) is 0. The maximum absolute atomic E-state index is 12.5. The second-order valence-electron chi connectivity index (χ2n) is 5.58. The van der Waals surface area contributed by atoms with E-state index in [0.29, 0.717) is 17.3 Å². The van der Waals surface area contributed by atoms with E-state index in [1.807, 2.05) is 0 Å². The molecule has 9 heteroatoms.